The fourth-order valence-corrected chi connectivity index (χ4v) is 5.22. The number of nitrogens with zero attached hydrogens (tertiary/aromatic N) is 2. The zero-order valence-corrected chi connectivity index (χ0v) is 11.7. The maximum absolute atomic E-state index is 12.3. The van der Waals surface area contributed by atoms with Crippen LogP contribution in [0.2, 0.25) is 0 Å². The Morgan fingerprint density at radius 1 is 1.33 bits per heavy atom. The number of likely N-dealkylation sites (tertiary alicyclic amines) is 1. The predicted molar refractivity (Wildman–Crippen MR) is 68.7 cm³/mol. The Hall–Kier alpha value is -0.820. The first-order valence-corrected chi connectivity index (χ1v) is 7.96. The second-order valence-corrected chi connectivity index (χ2v) is 7.07. The third-order valence-corrected chi connectivity index (χ3v) is 6.53. The second kappa shape index (κ2) is 5.05. The van der Waals surface area contributed by atoms with Gasteiger partial charge >= 0.3 is 6.03 Å². The number of carbonyl (C=O) groups excluding carboxylic acids is 1. The lowest BCUT2D eigenvalue weighted by molar-refractivity contribution is 0.201. The highest BCUT2D eigenvalue weighted by atomic mass is 32.2. The molecule has 0 spiro atoms. The first-order chi connectivity index (χ1) is 8.50. The van der Waals surface area contributed by atoms with E-state index in [9.17, 15) is 13.2 Å². The summed E-state index contributed by atoms with van der Waals surface area (Å²) in [5.41, 5.74) is 0. The van der Waals surface area contributed by atoms with Crippen LogP contribution in [0.15, 0.2) is 0 Å². The van der Waals surface area contributed by atoms with Gasteiger partial charge in [-0.3, -0.25) is 0 Å². The van der Waals surface area contributed by atoms with Crippen molar-refractivity contribution in [1.29, 1.82) is 0 Å². The number of hydrogen-bond acceptors (Lipinski definition) is 3. The van der Waals surface area contributed by atoms with E-state index in [1.807, 2.05) is 6.92 Å². The molecule has 6 nitrogen and oxygen atoms in total. The van der Waals surface area contributed by atoms with Crippen LogP contribution in [0, 0.1) is 5.92 Å². The maximum Gasteiger partial charge on any atom is 0.317 e. The Morgan fingerprint density at radius 2 is 2.00 bits per heavy atom. The quantitative estimate of drug-likeness (QED) is 0.736. The highest BCUT2D eigenvalue weighted by molar-refractivity contribution is 7.90. The molecular formula is C11H21N3O3S. The number of amides is 2. The van der Waals surface area contributed by atoms with Gasteiger partial charge in [-0.25, -0.2) is 17.5 Å². The largest absolute Gasteiger partial charge is 0.341 e. The monoisotopic (exact) mass is 275 g/mol. The van der Waals surface area contributed by atoms with E-state index in [1.165, 1.54) is 0 Å². The zero-order valence-electron chi connectivity index (χ0n) is 10.9. The van der Waals surface area contributed by atoms with Crippen molar-refractivity contribution in [2.24, 2.45) is 5.92 Å². The van der Waals surface area contributed by atoms with Gasteiger partial charge in [0.25, 0.3) is 0 Å². The Balaban J connectivity index is 2.12. The SMILES string of the molecule is CCN1C[C@@H]2CCN(C(=O)NC)CC[C@@H]2S1(=O)=O. The van der Waals surface area contributed by atoms with Gasteiger partial charge in [0.1, 0.15) is 0 Å². The fraction of sp³-hybridized carbons (Fsp3) is 0.909. The van der Waals surface area contributed by atoms with Crippen molar-refractivity contribution in [2.45, 2.75) is 25.0 Å². The van der Waals surface area contributed by atoms with Crippen molar-refractivity contribution in [1.82, 2.24) is 14.5 Å². The summed E-state index contributed by atoms with van der Waals surface area (Å²) in [5, 5.41) is 2.30. The van der Waals surface area contributed by atoms with E-state index in [0.29, 0.717) is 32.6 Å². The van der Waals surface area contributed by atoms with E-state index in [-0.39, 0.29) is 17.2 Å². The molecule has 2 saturated heterocycles. The zero-order chi connectivity index (χ0) is 13.3. The molecule has 0 aromatic heterocycles. The number of carbonyl (C=O) groups is 1. The van der Waals surface area contributed by atoms with Crippen LogP contribution >= 0.6 is 0 Å². The summed E-state index contributed by atoms with van der Waals surface area (Å²) in [4.78, 5) is 13.3. The molecule has 2 fully saturated rings. The van der Waals surface area contributed by atoms with Crippen LogP contribution in [0.25, 0.3) is 0 Å². The molecule has 0 saturated carbocycles. The molecule has 0 unspecified atom stereocenters. The van der Waals surface area contributed by atoms with Crippen LogP contribution in [0.3, 0.4) is 0 Å². The summed E-state index contributed by atoms with van der Waals surface area (Å²) in [7, 11) is -1.54. The van der Waals surface area contributed by atoms with Gasteiger partial charge in [0.05, 0.1) is 5.25 Å². The van der Waals surface area contributed by atoms with Crippen LogP contribution < -0.4 is 5.32 Å². The van der Waals surface area contributed by atoms with Gasteiger partial charge in [0.2, 0.25) is 10.0 Å². The van der Waals surface area contributed by atoms with Crippen molar-refractivity contribution < 1.29 is 13.2 Å². The fourth-order valence-electron chi connectivity index (χ4n) is 2.97. The molecule has 2 amide bonds. The summed E-state index contributed by atoms with van der Waals surface area (Å²) < 4.78 is 26.1. The topological polar surface area (TPSA) is 69.7 Å². The molecular weight excluding hydrogens is 254 g/mol. The molecule has 2 heterocycles. The number of nitrogens with one attached hydrogen (secondary N) is 1. The Morgan fingerprint density at radius 3 is 2.61 bits per heavy atom. The lowest BCUT2D eigenvalue weighted by atomic mass is 10.0. The molecule has 2 aliphatic rings. The molecule has 18 heavy (non-hydrogen) atoms. The highest BCUT2D eigenvalue weighted by Crippen LogP contribution is 2.33. The predicted octanol–water partition coefficient (Wildman–Crippen LogP) is 0.0717. The van der Waals surface area contributed by atoms with Gasteiger partial charge in [-0.05, 0) is 18.8 Å². The van der Waals surface area contributed by atoms with Crippen molar-refractivity contribution in [3.63, 3.8) is 0 Å². The van der Waals surface area contributed by atoms with Crippen molar-refractivity contribution in [3.8, 4) is 0 Å². The van der Waals surface area contributed by atoms with E-state index in [0.717, 1.165) is 6.42 Å². The van der Waals surface area contributed by atoms with Crippen LogP contribution in [-0.2, 0) is 10.0 Å². The van der Waals surface area contributed by atoms with Gasteiger partial charge in [0, 0.05) is 33.2 Å². The molecule has 2 atom stereocenters. The summed E-state index contributed by atoms with van der Waals surface area (Å²) in [5.74, 6) is 0.171. The minimum atomic E-state index is -3.14. The average molecular weight is 275 g/mol. The molecule has 104 valence electrons. The van der Waals surface area contributed by atoms with Crippen molar-refractivity contribution in [2.75, 3.05) is 33.2 Å². The lowest BCUT2D eigenvalue weighted by Gasteiger charge is -2.21. The van der Waals surface area contributed by atoms with Gasteiger partial charge in [-0.2, -0.15) is 0 Å². The van der Waals surface area contributed by atoms with Gasteiger partial charge in [0.15, 0.2) is 0 Å². The lowest BCUT2D eigenvalue weighted by Crippen LogP contribution is -2.39. The van der Waals surface area contributed by atoms with E-state index in [4.69, 9.17) is 0 Å². The van der Waals surface area contributed by atoms with Gasteiger partial charge in [-0.15, -0.1) is 0 Å². The minimum Gasteiger partial charge on any atom is -0.341 e. The van der Waals surface area contributed by atoms with E-state index >= 15 is 0 Å². The normalized spacial score (nSPS) is 31.8. The number of urea groups is 1. The summed E-state index contributed by atoms with van der Waals surface area (Å²) in [6, 6.07) is -0.111. The third kappa shape index (κ3) is 2.21. The maximum atomic E-state index is 12.3. The first kappa shape index (κ1) is 13.6. The molecule has 2 aliphatic heterocycles. The van der Waals surface area contributed by atoms with Crippen LogP contribution in [-0.4, -0.2) is 62.1 Å². The molecule has 0 aromatic carbocycles. The van der Waals surface area contributed by atoms with Gasteiger partial charge in [-0.1, -0.05) is 6.92 Å². The molecule has 7 heteroatoms. The van der Waals surface area contributed by atoms with Crippen molar-refractivity contribution in [3.05, 3.63) is 0 Å². The summed E-state index contributed by atoms with van der Waals surface area (Å²) in [6.07, 6.45) is 1.32. The average Bonchev–Trinajstić information content (AvgIpc) is 2.52. The first-order valence-electron chi connectivity index (χ1n) is 6.46. The number of rotatable bonds is 1. The highest BCUT2D eigenvalue weighted by Gasteiger charge is 2.46. The van der Waals surface area contributed by atoms with Crippen LogP contribution in [0.1, 0.15) is 19.8 Å². The number of sulfonamides is 1. The van der Waals surface area contributed by atoms with Crippen molar-refractivity contribution >= 4 is 16.1 Å². The Kier molecular flexibility index (Phi) is 3.82. The Bertz CT molecular complexity index is 423. The molecule has 1 N–H and O–H groups in total. The van der Waals surface area contributed by atoms with Gasteiger partial charge < -0.3 is 10.2 Å². The van der Waals surface area contributed by atoms with Crippen LogP contribution in [0.5, 0.6) is 0 Å². The van der Waals surface area contributed by atoms with E-state index in [2.05, 4.69) is 5.32 Å². The molecule has 0 bridgehead atoms. The minimum absolute atomic E-state index is 0.111. The van der Waals surface area contributed by atoms with Crippen LogP contribution in [0.4, 0.5) is 4.79 Å². The smallest absolute Gasteiger partial charge is 0.317 e. The molecule has 0 radical (unpaired) electrons. The van der Waals surface area contributed by atoms with E-state index < -0.39 is 10.0 Å². The standard InChI is InChI=1S/C11H21N3O3S/c1-3-14-8-9-4-6-13(11(15)12-2)7-5-10(9)18(14,16)17/h9-10H,3-8H2,1-2H3,(H,12,15)/t9-,10-/m0/s1. The summed E-state index contributed by atoms with van der Waals surface area (Å²) >= 11 is 0. The number of hydrogen-bond donors (Lipinski definition) is 1. The summed E-state index contributed by atoms with van der Waals surface area (Å²) in [6.45, 7) is 4.21. The Labute approximate surface area is 108 Å². The molecule has 0 aromatic rings. The van der Waals surface area contributed by atoms with E-state index in [1.54, 1.807) is 16.3 Å². The second-order valence-electron chi connectivity index (χ2n) is 4.91. The molecule has 0 aliphatic carbocycles. The number of fused-ring (bicyclic) bond motifs is 1. The third-order valence-electron chi connectivity index (χ3n) is 4.01. The molecule has 2 rings (SSSR count).